The number of sulfone groups is 2. The molecule has 0 spiro atoms. The highest BCUT2D eigenvalue weighted by Gasteiger charge is 2.19. The van der Waals surface area contributed by atoms with Crippen molar-refractivity contribution in [3.8, 4) is 22.4 Å². The molecule has 184 valence electrons. The molecule has 4 rings (SSSR count). The van der Waals surface area contributed by atoms with Crippen LogP contribution in [0.4, 0.5) is 5.69 Å². The average molecular weight is 541 g/mol. The van der Waals surface area contributed by atoms with E-state index in [0.29, 0.717) is 33.1 Å². The molecule has 1 N–H and O–H groups in total. The molecule has 0 atom stereocenters. The molecule has 0 unspecified atom stereocenters. The minimum atomic E-state index is -3.56. The van der Waals surface area contributed by atoms with Crippen LogP contribution in [0.1, 0.15) is 10.4 Å². The first-order valence-corrected chi connectivity index (χ1v) is 14.8. The van der Waals surface area contributed by atoms with Crippen molar-refractivity contribution >= 4 is 42.9 Å². The topological polar surface area (TPSA) is 110 Å². The molecule has 0 saturated carbocycles. The van der Waals surface area contributed by atoms with Crippen molar-refractivity contribution < 1.29 is 21.6 Å². The third-order valence-corrected chi connectivity index (χ3v) is 7.99. The summed E-state index contributed by atoms with van der Waals surface area (Å²) < 4.78 is 48.0. The van der Waals surface area contributed by atoms with Gasteiger partial charge in [0.15, 0.2) is 19.7 Å². The molecule has 0 aliphatic rings. The van der Waals surface area contributed by atoms with Crippen molar-refractivity contribution in [3.63, 3.8) is 0 Å². The van der Waals surface area contributed by atoms with Crippen LogP contribution in [-0.2, 0) is 19.7 Å². The van der Waals surface area contributed by atoms with E-state index in [1.807, 2.05) is 6.07 Å². The Hall–Kier alpha value is -3.53. The lowest BCUT2D eigenvalue weighted by Gasteiger charge is -2.14. The molecule has 0 bridgehead atoms. The third kappa shape index (κ3) is 5.64. The van der Waals surface area contributed by atoms with E-state index in [2.05, 4.69) is 10.3 Å². The summed E-state index contributed by atoms with van der Waals surface area (Å²) in [5.74, 6) is -0.480. The van der Waals surface area contributed by atoms with Gasteiger partial charge in [0.1, 0.15) is 0 Å². The normalized spacial score (nSPS) is 11.8. The second-order valence-corrected chi connectivity index (χ2v) is 12.6. The Morgan fingerprint density at radius 2 is 1.44 bits per heavy atom. The van der Waals surface area contributed by atoms with Crippen molar-refractivity contribution in [1.82, 2.24) is 4.98 Å². The smallest absolute Gasteiger partial charge is 0.256 e. The minimum absolute atomic E-state index is 0.0326. The zero-order valence-corrected chi connectivity index (χ0v) is 21.7. The van der Waals surface area contributed by atoms with Gasteiger partial charge in [-0.1, -0.05) is 29.8 Å². The van der Waals surface area contributed by atoms with Gasteiger partial charge in [-0.25, -0.2) is 16.8 Å². The van der Waals surface area contributed by atoms with Crippen molar-refractivity contribution in [2.75, 3.05) is 17.8 Å². The molecule has 0 radical (unpaired) electrons. The molecule has 0 aliphatic carbocycles. The van der Waals surface area contributed by atoms with E-state index in [0.717, 1.165) is 12.5 Å². The fraction of sp³-hybridized carbons (Fsp3) is 0.0769. The van der Waals surface area contributed by atoms with E-state index < -0.39 is 25.6 Å². The van der Waals surface area contributed by atoms with Crippen molar-refractivity contribution in [2.24, 2.45) is 0 Å². The number of carbonyl (C=O) groups excluding carboxylic acids is 1. The van der Waals surface area contributed by atoms with Crippen LogP contribution in [0.5, 0.6) is 0 Å². The van der Waals surface area contributed by atoms with Gasteiger partial charge in [0.25, 0.3) is 5.91 Å². The summed E-state index contributed by atoms with van der Waals surface area (Å²) in [5.41, 5.74) is 2.79. The predicted octanol–water partition coefficient (Wildman–Crippen LogP) is 5.13. The SMILES string of the molecule is CS(=O)(=O)c1ccc(-c2cc(S(C)(=O)=O)ccc2C(=O)Nc2ccc(Cl)c(-c3ccccn3)c2)cc1. The number of nitrogens with one attached hydrogen (secondary N) is 1. The maximum absolute atomic E-state index is 13.3. The van der Waals surface area contributed by atoms with Crippen molar-refractivity contribution in [1.29, 1.82) is 0 Å². The Labute approximate surface area is 214 Å². The largest absolute Gasteiger partial charge is 0.322 e. The van der Waals surface area contributed by atoms with Crippen LogP contribution in [0.3, 0.4) is 0 Å². The zero-order valence-electron chi connectivity index (χ0n) is 19.3. The highest BCUT2D eigenvalue weighted by molar-refractivity contribution is 7.91. The molecule has 7 nitrogen and oxygen atoms in total. The Kier molecular flexibility index (Phi) is 6.99. The Balaban J connectivity index is 1.75. The van der Waals surface area contributed by atoms with E-state index in [1.165, 1.54) is 42.5 Å². The predicted molar refractivity (Wildman–Crippen MR) is 141 cm³/mol. The standard InChI is InChI=1S/C26H21ClN2O5S2/c1-35(31,32)19-9-6-17(7-10-19)22-16-20(36(2,33)34)11-12-21(22)26(30)29-18-8-13-24(27)23(15-18)25-5-3-4-14-28-25/h3-16H,1-2H3,(H,29,30). The number of rotatable bonds is 6. The highest BCUT2D eigenvalue weighted by Crippen LogP contribution is 2.31. The maximum atomic E-state index is 13.3. The molecule has 1 amide bonds. The van der Waals surface area contributed by atoms with Crippen LogP contribution >= 0.6 is 11.6 Å². The number of anilines is 1. The van der Waals surface area contributed by atoms with Crippen molar-refractivity contribution in [3.05, 3.63) is 95.6 Å². The van der Waals surface area contributed by atoms with Gasteiger partial charge in [0, 0.05) is 35.5 Å². The second-order valence-electron chi connectivity index (χ2n) is 8.14. The summed E-state index contributed by atoms with van der Waals surface area (Å²) in [6.07, 6.45) is 3.81. The Morgan fingerprint density at radius 1 is 0.778 bits per heavy atom. The van der Waals surface area contributed by atoms with E-state index in [1.54, 1.807) is 36.5 Å². The average Bonchev–Trinajstić information content (AvgIpc) is 2.84. The van der Waals surface area contributed by atoms with Gasteiger partial charge in [0.2, 0.25) is 0 Å². The minimum Gasteiger partial charge on any atom is -0.322 e. The van der Waals surface area contributed by atoms with Crippen LogP contribution in [0.2, 0.25) is 5.02 Å². The first-order valence-electron chi connectivity index (χ1n) is 10.6. The van der Waals surface area contributed by atoms with E-state index in [9.17, 15) is 21.6 Å². The van der Waals surface area contributed by atoms with Gasteiger partial charge in [0.05, 0.1) is 20.5 Å². The summed E-state index contributed by atoms with van der Waals surface area (Å²) in [7, 11) is -6.98. The summed E-state index contributed by atoms with van der Waals surface area (Å²) in [6, 6.07) is 20.5. The van der Waals surface area contributed by atoms with Gasteiger partial charge in [-0.3, -0.25) is 9.78 Å². The zero-order chi connectivity index (χ0) is 26.1. The summed E-state index contributed by atoms with van der Waals surface area (Å²) >= 11 is 6.34. The fourth-order valence-corrected chi connectivity index (χ4v) is 5.08. The van der Waals surface area contributed by atoms with Gasteiger partial charge in [-0.05, 0) is 71.8 Å². The first-order chi connectivity index (χ1) is 16.9. The van der Waals surface area contributed by atoms with E-state index in [-0.39, 0.29) is 15.4 Å². The van der Waals surface area contributed by atoms with Crippen LogP contribution < -0.4 is 5.32 Å². The van der Waals surface area contributed by atoms with Crippen LogP contribution in [0.15, 0.2) is 94.9 Å². The van der Waals surface area contributed by atoms with Crippen LogP contribution in [0, 0.1) is 0 Å². The molecular formula is C26H21ClN2O5S2. The summed E-state index contributed by atoms with van der Waals surface area (Å²) in [5, 5.41) is 3.30. The molecule has 4 aromatic rings. The number of hydrogen-bond donors (Lipinski definition) is 1. The van der Waals surface area contributed by atoms with E-state index in [4.69, 9.17) is 11.6 Å². The number of halogens is 1. The van der Waals surface area contributed by atoms with Crippen LogP contribution in [0.25, 0.3) is 22.4 Å². The monoisotopic (exact) mass is 540 g/mol. The molecule has 10 heteroatoms. The number of benzene rings is 3. The lowest BCUT2D eigenvalue weighted by atomic mass is 9.99. The summed E-state index contributed by atoms with van der Waals surface area (Å²) in [4.78, 5) is 17.8. The molecule has 1 heterocycles. The molecule has 36 heavy (non-hydrogen) atoms. The number of pyridine rings is 1. The number of hydrogen-bond acceptors (Lipinski definition) is 6. The van der Waals surface area contributed by atoms with Gasteiger partial charge >= 0.3 is 0 Å². The molecular weight excluding hydrogens is 520 g/mol. The summed E-state index contributed by atoms with van der Waals surface area (Å²) in [6.45, 7) is 0. The lowest BCUT2D eigenvalue weighted by Crippen LogP contribution is -2.14. The molecule has 0 aliphatic heterocycles. The third-order valence-electron chi connectivity index (χ3n) is 5.42. The van der Waals surface area contributed by atoms with Gasteiger partial charge in [-0.15, -0.1) is 0 Å². The van der Waals surface area contributed by atoms with Crippen molar-refractivity contribution in [2.45, 2.75) is 9.79 Å². The lowest BCUT2D eigenvalue weighted by molar-refractivity contribution is 0.102. The second kappa shape index (κ2) is 9.85. The number of nitrogens with zero attached hydrogens (tertiary/aromatic N) is 1. The quantitative estimate of drug-likeness (QED) is 0.363. The maximum Gasteiger partial charge on any atom is 0.256 e. The van der Waals surface area contributed by atoms with Crippen LogP contribution in [-0.4, -0.2) is 40.2 Å². The number of amides is 1. The number of aromatic nitrogens is 1. The Bertz CT molecular complexity index is 1670. The van der Waals surface area contributed by atoms with E-state index >= 15 is 0 Å². The first kappa shape index (κ1) is 25.6. The molecule has 1 aromatic heterocycles. The molecule has 3 aromatic carbocycles. The van der Waals surface area contributed by atoms with Gasteiger partial charge in [-0.2, -0.15) is 0 Å². The van der Waals surface area contributed by atoms with Gasteiger partial charge < -0.3 is 5.32 Å². The Morgan fingerprint density at radius 3 is 2.06 bits per heavy atom. The fourth-order valence-electron chi connectivity index (χ4n) is 3.59. The molecule has 0 fully saturated rings. The molecule has 0 saturated heterocycles. The highest BCUT2D eigenvalue weighted by atomic mass is 35.5. The number of carbonyl (C=O) groups is 1.